The molecule has 0 radical (unpaired) electrons. The van der Waals surface area contributed by atoms with Crippen LogP contribution in [0.25, 0.3) is 5.65 Å². The number of nitrogens with one attached hydrogen (secondary N) is 1. The van der Waals surface area contributed by atoms with Gasteiger partial charge in [0.15, 0.2) is 11.5 Å². The zero-order chi connectivity index (χ0) is 19.3. The van der Waals surface area contributed by atoms with Crippen molar-refractivity contribution < 1.29 is 14.3 Å². The van der Waals surface area contributed by atoms with Gasteiger partial charge in [0.25, 0.3) is 0 Å². The molecule has 1 saturated heterocycles. The van der Waals surface area contributed by atoms with Crippen LogP contribution in [0.2, 0.25) is 0 Å². The second-order valence-corrected chi connectivity index (χ2v) is 6.65. The van der Waals surface area contributed by atoms with Crippen LogP contribution in [-0.2, 0) is 14.3 Å². The highest BCUT2D eigenvalue weighted by molar-refractivity contribution is 5.94. The molecule has 1 fully saturated rings. The zero-order valence-corrected chi connectivity index (χ0v) is 15.5. The molecule has 148 valence electrons. The maximum absolute atomic E-state index is 12.9. The minimum absolute atomic E-state index is 0.0273. The highest BCUT2D eigenvalue weighted by atomic mass is 16.5. The molecule has 2 amide bonds. The van der Waals surface area contributed by atoms with E-state index in [1.54, 1.807) is 11.0 Å². The standard InChI is InChI=1S/C17H22N8O3/c26-16-3-7-24(17(27)13-4-11-28-12-5-13)10-9-23(8-6-18-16)15-2-1-14-19-21-22-25(14)20-15/h1-2,4H,3,5-12H2,(H,18,26). The predicted molar refractivity (Wildman–Crippen MR) is 98.5 cm³/mol. The number of tetrazole rings is 1. The van der Waals surface area contributed by atoms with Gasteiger partial charge < -0.3 is 19.9 Å². The van der Waals surface area contributed by atoms with E-state index in [2.05, 4.69) is 25.9 Å². The van der Waals surface area contributed by atoms with E-state index in [9.17, 15) is 9.59 Å². The van der Waals surface area contributed by atoms with E-state index < -0.39 is 0 Å². The quantitative estimate of drug-likeness (QED) is 0.700. The van der Waals surface area contributed by atoms with Crippen molar-refractivity contribution in [2.45, 2.75) is 12.8 Å². The maximum Gasteiger partial charge on any atom is 0.249 e. The Morgan fingerprint density at radius 3 is 2.93 bits per heavy atom. The third-order valence-electron chi connectivity index (χ3n) is 4.86. The fraction of sp³-hybridized carbons (Fsp3) is 0.529. The molecule has 0 saturated carbocycles. The largest absolute Gasteiger partial charge is 0.377 e. The fourth-order valence-corrected chi connectivity index (χ4v) is 3.29. The Kier molecular flexibility index (Phi) is 5.42. The lowest BCUT2D eigenvalue weighted by atomic mass is 10.1. The Morgan fingerprint density at radius 1 is 1.14 bits per heavy atom. The fourth-order valence-electron chi connectivity index (χ4n) is 3.29. The molecule has 0 aromatic carbocycles. The molecule has 2 aliphatic heterocycles. The van der Waals surface area contributed by atoms with E-state index in [4.69, 9.17) is 4.74 Å². The summed E-state index contributed by atoms with van der Waals surface area (Å²) in [5.41, 5.74) is 1.31. The van der Waals surface area contributed by atoms with Gasteiger partial charge in [-0.25, -0.2) is 0 Å². The highest BCUT2D eigenvalue weighted by Crippen LogP contribution is 2.14. The third kappa shape index (κ3) is 4.09. The number of aromatic nitrogens is 5. The molecule has 4 rings (SSSR count). The molecule has 2 aromatic heterocycles. The van der Waals surface area contributed by atoms with Crippen LogP contribution in [-0.4, -0.2) is 87.9 Å². The Bertz CT molecular complexity index is 895. The minimum Gasteiger partial charge on any atom is -0.377 e. The first-order chi connectivity index (χ1) is 13.7. The molecule has 2 aliphatic rings. The van der Waals surface area contributed by atoms with E-state index >= 15 is 0 Å². The average Bonchev–Trinajstić information content (AvgIpc) is 3.20. The molecule has 2 aromatic rings. The van der Waals surface area contributed by atoms with Crippen LogP contribution in [0.4, 0.5) is 5.82 Å². The van der Waals surface area contributed by atoms with Crippen molar-refractivity contribution in [3.8, 4) is 0 Å². The summed E-state index contributed by atoms with van der Waals surface area (Å²) < 4.78 is 6.66. The van der Waals surface area contributed by atoms with Crippen molar-refractivity contribution in [1.29, 1.82) is 0 Å². The summed E-state index contributed by atoms with van der Waals surface area (Å²) in [7, 11) is 0. The van der Waals surface area contributed by atoms with E-state index in [1.807, 2.05) is 17.0 Å². The molecule has 0 bridgehead atoms. The van der Waals surface area contributed by atoms with Crippen molar-refractivity contribution >= 4 is 23.3 Å². The number of anilines is 1. The molecule has 11 heteroatoms. The van der Waals surface area contributed by atoms with Crippen LogP contribution in [0.15, 0.2) is 23.8 Å². The lowest BCUT2D eigenvalue weighted by Gasteiger charge is -2.31. The van der Waals surface area contributed by atoms with Gasteiger partial charge in [-0.2, -0.15) is 0 Å². The third-order valence-corrected chi connectivity index (χ3v) is 4.86. The van der Waals surface area contributed by atoms with E-state index in [0.717, 1.165) is 5.57 Å². The van der Waals surface area contributed by atoms with Gasteiger partial charge in [-0.05, 0) is 22.6 Å². The summed E-state index contributed by atoms with van der Waals surface area (Å²) in [5.74, 6) is 0.595. The number of hydrogen-bond acceptors (Lipinski definition) is 8. The Balaban J connectivity index is 1.53. The molecule has 0 atom stereocenters. The molecule has 0 unspecified atom stereocenters. The second kappa shape index (κ2) is 8.30. The van der Waals surface area contributed by atoms with E-state index in [-0.39, 0.29) is 11.8 Å². The number of fused-ring (bicyclic) bond motifs is 1. The molecule has 0 spiro atoms. The molecular weight excluding hydrogens is 364 g/mol. The highest BCUT2D eigenvalue weighted by Gasteiger charge is 2.23. The van der Waals surface area contributed by atoms with Crippen LogP contribution in [0.5, 0.6) is 0 Å². The predicted octanol–water partition coefficient (Wildman–Crippen LogP) is -0.979. The maximum atomic E-state index is 12.9. The van der Waals surface area contributed by atoms with Gasteiger partial charge >= 0.3 is 0 Å². The topological polar surface area (TPSA) is 118 Å². The number of nitrogens with zero attached hydrogens (tertiary/aromatic N) is 7. The summed E-state index contributed by atoms with van der Waals surface area (Å²) in [6.07, 6.45) is 2.73. The van der Waals surface area contributed by atoms with Gasteiger partial charge in [0, 0.05) is 51.1 Å². The average molecular weight is 386 g/mol. The summed E-state index contributed by atoms with van der Waals surface area (Å²) in [6.45, 7) is 3.56. The number of carbonyl (C=O) groups excluding carboxylic acids is 2. The SMILES string of the molecule is O=C1CCN(C(=O)C2=CCOCC2)CCN(c2ccc3nnnn3n2)CCN1. The normalized spacial score (nSPS) is 19.3. The number of amides is 2. The summed E-state index contributed by atoms with van der Waals surface area (Å²) >= 11 is 0. The first-order valence-corrected chi connectivity index (χ1v) is 9.34. The summed E-state index contributed by atoms with van der Waals surface area (Å²) in [5, 5.41) is 18.6. The molecule has 28 heavy (non-hydrogen) atoms. The first-order valence-electron chi connectivity index (χ1n) is 9.34. The Labute approximate surface area is 161 Å². The Hall–Kier alpha value is -3.08. The number of ether oxygens (including phenoxy) is 1. The van der Waals surface area contributed by atoms with Gasteiger partial charge in [0.1, 0.15) is 0 Å². The molecule has 1 N–H and O–H groups in total. The van der Waals surface area contributed by atoms with Gasteiger partial charge in [0.2, 0.25) is 11.8 Å². The minimum atomic E-state index is -0.0653. The number of carbonyl (C=O) groups is 2. The second-order valence-electron chi connectivity index (χ2n) is 6.65. The first kappa shape index (κ1) is 18.3. The van der Waals surface area contributed by atoms with E-state index in [0.29, 0.717) is 70.2 Å². The van der Waals surface area contributed by atoms with Gasteiger partial charge in [0.05, 0.1) is 13.2 Å². The lowest BCUT2D eigenvalue weighted by Crippen LogP contribution is -2.46. The molecule has 0 aliphatic carbocycles. The van der Waals surface area contributed by atoms with Crippen molar-refractivity contribution in [2.75, 3.05) is 50.8 Å². The van der Waals surface area contributed by atoms with Crippen molar-refractivity contribution in [3.05, 3.63) is 23.8 Å². The van der Waals surface area contributed by atoms with Gasteiger partial charge in [-0.15, -0.1) is 14.8 Å². The lowest BCUT2D eigenvalue weighted by molar-refractivity contribution is -0.128. The van der Waals surface area contributed by atoms with Crippen LogP contribution in [0.3, 0.4) is 0 Å². The van der Waals surface area contributed by atoms with Crippen LogP contribution >= 0.6 is 0 Å². The van der Waals surface area contributed by atoms with Crippen LogP contribution in [0.1, 0.15) is 12.8 Å². The monoisotopic (exact) mass is 386 g/mol. The van der Waals surface area contributed by atoms with Crippen molar-refractivity contribution in [2.24, 2.45) is 0 Å². The van der Waals surface area contributed by atoms with Crippen LogP contribution < -0.4 is 10.2 Å². The summed E-state index contributed by atoms with van der Waals surface area (Å²) in [6, 6.07) is 3.63. The molecule has 4 heterocycles. The van der Waals surface area contributed by atoms with E-state index in [1.165, 1.54) is 4.63 Å². The molecule has 11 nitrogen and oxygen atoms in total. The van der Waals surface area contributed by atoms with Crippen LogP contribution in [0, 0.1) is 0 Å². The van der Waals surface area contributed by atoms with Crippen molar-refractivity contribution in [1.82, 2.24) is 35.5 Å². The zero-order valence-electron chi connectivity index (χ0n) is 15.5. The smallest absolute Gasteiger partial charge is 0.249 e. The summed E-state index contributed by atoms with van der Waals surface area (Å²) in [4.78, 5) is 28.8. The molecular formula is C17H22N8O3. The number of hydrogen-bond donors (Lipinski definition) is 1. The van der Waals surface area contributed by atoms with Crippen molar-refractivity contribution in [3.63, 3.8) is 0 Å². The van der Waals surface area contributed by atoms with Gasteiger partial charge in [-0.3, -0.25) is 9.59 Å². The van der Waals surface area contributed by atoms with Gasteiger partial charge in [-0.1, -0.05) is 6.08 Å². The Morgan fingerprint density at radius 2 is 2.07 bits per heavy atom. The number of rotatable bonds is 2.